The fraction of sp³-hybridized carbons (Fsp3) is 1.00. The number of hydrogen-bond donors (Lipinski definition) is 1. The molecule has 0 spiro atoms. The molecule has 1 heterocycles. The van der Waals surface area contributed by atoms with Crippen LogP contribution in [0, 0.1) is 5.41 Å². The van der Waals surface area contributed by atoms with Gasteiger partial charge in [0.05, 0.1) is 0 Å². The Bertz CT molecular complexity index is 247. The molecule has 0 aromatic carbocycles. The molecule has 2 atom stereocenters. The van der Waals surface area contributed by atoms with Gasteiger partial charge in [-0.2, -0.15) is 0 Å². The lowest BCUT2D eigenvalue weighted by Gasteiger charge is -2.37. The van der Waals surface area contributed by atoms with E-state index in [0.29, 0.717) is 5.41 Å². The van der Waals surface area contributed by atoms with E-state index in [1.165, 1.54) is 58.0 Å². The van der Waals surface area contributed by atoms with E-state index >= 15 is 0 Å². The molecule has 2 fully saturated rings. The van der Waals surface area contributed by atoms with Gasteiger partial charge in [-0.05, 0) is 63.6 Å². The zero-order valence-electron chi connectivity index (χ0n) is 12.7. The lowest BCUT2D eigenvalue weighted by Crippen LogP contribution is -2.44. The Kier molecular flexibility index (Phi) is 5.08. The highest BCUT2D eigenvalue weighted by molar-refractivity contribution is 4.86. The van der Waals surface area contributed by atoms with Gasteiger partial charge in [0.15, 0.2) is 0 Å². The molecule has 2 nitrogen and oxygen atoms in total. The van der Waals surface area contributed by atoms with Gasteiger partial charge in [0, 0.05) is 12.1 Å². The second-order valence-corrected chi connectivity index (χ2v) is 7.13. The number of nitrogens with zero attached hydrogens (tertiary/aromatic N) is 1. The van der Waals surface area contributed by atoms with Crippen molar-refractivity contribution in [2.24, 2.45) is 5.41 Å². The fourth-order valence-corrected chi connectivity index (χ4v) is 3.78. The third kappa shape index (κ3) is 3.96. The van der Waals surface area contributed by atoms with Gasteiger partial charge in [-0.1, -0.05) is 27.2 Å². The standard InChI is InChI=1S/C16H32N2/c1-4-17-14-7-5-8-15(13-14)18-11-6-9-16(2,3)10-12-18/h14-15,17H,4-13H2,1-3H3. The molecule has 0 bridgehead atoms. The van der Waals surface area contributed by atoms with Crippen molar-refractivity contribution >= 4 is 0 Å². The fourth-order valence-electron chi connectivity index (χ4n) is 3.78. The van der Waals surface area contributed by atoms with E-state index in [1.54, 1.807) is 0 Å². The lowest BCUT2D eigenvalue weighted by molar-refractivity contribution is 0.140. The van der Waals surface area contributed by atoms with Crippen LogP contribution in [0.1, 0.15) is 65.7 Å². The Labute approximate surface area is 114 Å². The number of likely N-dealkylation sites (tertiary alicyclic amines) is 1. The first-order chi connectivity index (χ1) is 8.61. The van der Waals surface area contributed by atoms with Gasteiger partial charge in [0.2, 0.25) is 0 Å². The normalized spacial score (nSPS) is 34.2. The molecule has 106 valence electrons. The van der Waals surface area contributed by atoms with Crippen LogP contribution < -0.4 is 5.32 Å². The molecule has 0 amide bonds. The summed E-state index contributed by atoms with van der Waals surface area (Å²) >= 11 is 0. The predicted molar refractivity (Wildman–Crippen MR) is 78.9 cm³/mol. The average Bonchev–Trinajstić information content (AvgIpc) is 2.51. The minimum absolute atomic E-state index is 0.574. The number of hydrogen-bond acceptors (Lipinski definition) is 2. The summed E-state index contributed by atoms with van der Waals surface area (Å²) in [6, 6.07) is 1.64. The van der Waals surface area contributed by atoms with Crippen molar-refractivity contribution in [2.45, 2.75) is 77.8 Å². The minimum Gasteiger partial charge on any atom is -0.314 e. The molecule has 2 aliphatic rings. The summed E-state index contributed by atoms with van der Waals surface area (Å²) in [6.07, 6.45) is 9.82. The molecule has 1 N–H and O–H groups in total. The van der Waals surface area contributed by atoms with Gasteiger partial charge in [0.25, 0.3) is 0 Å². The Morgan fingerprint density at radius 3 is 2.72 bits per heavy atom. The van der Waals surface area contributed by atoms with Gasteiger partial charge >= 0.3 is 0 Å². The minimum atomic E-state index is 0.574. The Balaban J connectivity index is 1.86. The molecule has 0 radical (unpaired) electrons. The van der Waals surface area contributed by atoms with E-state index in [1.807, 2.05) is 0 Å². The SMILES string of the molecule is CCNC1CCCC(N2CCCC(C)(C)CC2)C1. The molecule has 1 aliphatic heterocycles. The van der Waals surface area contributed by atoms with Crippen LogP contribution in [0.25, 0.3) is 0 Å². The summed E-state index contributed by atoms with van der Waals surface area (Å²) in [5.74, 6) is 0. The summed E-state index contributed by atoms with van der Waals surface area (Å²) in [5.41, 5.74) is 0.574. The quantitative estimate of drug-likeness (QED) is 0.828. The molecule has 2 unspecified atom stereocenters. The van der Waals surface area contributed by atoms with Gasteiger partial charge in [0.1, 0.15) is 0 Å². The van der Waals surface area contributed by atoms with Crippen molar-refractivity contribution in [1.29, 1.82) is 0 Å². The van der Waals surface area contributed by atoms with Crippen molar-refractivity contribution in [1.82, 2.24) is 10.2 Å². The van der Waals surface area contributed by atoms with Crippen LogP contribution in [-0.4, -0.2) is 36.6 Å². The Morgan fingerprint density at radius 2 is 1.94 bits per heavy atom. The molecule has 2 rings (SSSR count). The van der Waals surface area contributed by atoms with E-state index < -0.39 is 0 Å². The second kappa shape index (κ2) is 6.38. The molecule has 0 aromatic rings. The van der Waals surface area contributed by atoms with Crippen molar-refractivity contribution in [3.8, 4) is 0 Å². The maximum absolute atomic E-state index is 3.66. The van der Waals surface area contributed by atoms with Gasteiger partial charge < -0.3 is 10.2 Å². The van der Waals surface area contributed by atoms with Crippen LogP contribution >= 0.6 is 0 Å². The van der Waals surface area contributed by atoms with Crippen LogP contribution in [0.5, 0.6) is 0 Å². The van der Waals surface area contributed by atoms with Gasteiger partial charge in [-0.25, -0.2) is 0 Å². The molecule has 1 saturated carbocycles. The van der Waals surface area contributed by atoms with E-state index in [4.69, 9.17) is 0 Å². The van der Waals surface area contributed by atoms with Crippen LogP contribution in [0.3, 0.4) is 0 Å². The van der Waals surface area contributed by atoms with E-state index in [2.05, 4.69) is 31.0 Å². The monoisotopic (exact) mass is 252 g/mol. The molecule has 1 saturated heterocycles. The molecule has 18 heavy (non-hydrogen) atoms. The van der Waals surface area contributed by atoms with Crippen LogP contribution in [0.2, 0.25) is 0 Å². The third-order valence-corrected chi connectivity index (χ3v) is 5.03. The topological polar surface area (TPSA) is 15.3 Å². The molecule has 1 aliphatic carbocycles. The number of nitrogens with one attached hydrogen (secondary N) is 1. The Hall–Kier alpha value is -0.0800. The molecular formula is C16H32N2. The largest absolute Gasteiger partial charge is 0.314 e. The van der Waals surface area contributed by atoms with Crippen LogP contribution in [0.4, 0.5) is 0 Å². The third-order valence-electron chi connectivity index (χ3n) is 5.03. The van der Waals surface area contributed by atoms with E-state index in [-0.39, 0.29) is 0 Å². The highest BCUT2D eigenvalue weighted by atomic mass is 15.2. The molecule has 0 aromatic heterocycles. The summed E-state index contributed by atoms with van der Waals surface area (Å²) in [5, 5.41) is 3.66. The zero-order chi connectivity index (χ0) is 13.0. The first-order valence-electron chi connectivity index (χ1n) is 8.08. The maximum Gasteiger partial charge on any atom is 0.0110 e. The summed E-state index contributed by atoms with van der Waals surface area (Å²) in [7, 11) is 0. The first kappa shape index (κ1) is 14.3. The van der Waals surface area contributed by atoms with Gasteiger partial charge in [-0.3, -0.25) is 0 Å². The highest BCUT2D eigenvalue weighted by Gasteiger charge is 2.30. The van der Waals surface area contributed by atoms with Crippen molar-refractivity contribution in [2.75, 3.05) is 19.6 Å². The highest BCUT2D eigenvalue weighted by Crippen LogP contribution is 2.32. The second-order valence-electron chi connectivity index (χ2n) is 7.13. The van der Waals surface area contributed by atoms with Gasteiger partial charge in [-0.15, -0.1) is 0 Å². The van der Waals surface area contributed by atoms with Crippen LogP contribution in [-0.2, 0) is 0 Å². The van der Waals surface area contributed by atoms with Crippen molar-refractivity contribution in [3.63, 3.8) is 0 Å². The predicted octanol–water partition coefficient (Wildman–Crippen LogP) is 3.42. The first-order valence-corrected chi connectivity index (χ1v) is 8.08. The average molecular weight is 252 g/mol. The Morgan fingerprint density at radius 1 is 1.11 bits per heavy atom. The molecular weight excluding hydrogens is 220 g/mol. The maximum atomic E-state index is 3.66. The lowest BCUT2D eigenvalue weighted by atomic mass is 9.85. The zero-order valence-corrected chi connectivity index (χ0v) is 12.7. The van der Waals surface area contributed by atoms with E-state index in [0.717, 1.165) is 18.6 Å². The summed E-state index contributed by atoms with van der Waals surface area (Å²) in [6.45, 7) is 10.9. The van der Waals surface area contributed by atoms with E-state index in [9.17, 15) is 0 Å². The smallest absolute Gasteiger partial charge is 0.0110 e. The summed E-state index contributed by atoms with van der Waals surface area (Å²) in [4.78, 5) is 2.80. The summed E-state index contributed by atoms with van der Waals surface area (Å²) < 4.78 is 0. The van der Waals surface area contributed by atoms with Crippen LogP contribution in [0.15, 0.2) is 0 Å². The van der Waals surface area contributed by atoms with Crippen molar-refractivity contribution in [3.05, 3.63) is 0 Å². The van der Waals surface area contributed by atoms with Crippen molar-refractivity contribution < 1.29 is 0 Å². The number of rotatable bonds is 3. The molecule has 2 heteroatoms.